The van der Waals surface area contributed by atoms with E-state index in [1.54, 1.807) is 20.8 Å². The minimum Gasteiger partial charge on any atom is -0.462 e. The zero-order valence-electron chi connectivity index (χ0n) is 19.4. The quantitative estimate of drug-likeness (QED) is 0.557. The molecule has 0 bridgehead atoms. The first-order valence-corrected chi connectivity index (χ1v) is 10.8. The van der Waals surface area contributed by atoms with Gasteiger partial charge in [-0.3, -0.25) is 9.59 Å². The summed E-state index contributed by atoms with van der Waals surface area (Å²) in [7, 11) is 0. The summed E-state index contributed by atoms with van der Waals surface area (Å²) in [5, 5.41) is 10.8. The van der Waals surface area contributed by atoms with Gasteiger partial charge in [0.25, 0.3) is 0 Å². The van der Waals surface area contributed by atoms with Crippen LogP contribution in [-0.4, -0.2) is 42.5 Å². The fraction of sp³-hybridized carbons (Fsp3) is 0.583. The highest BCUT2D eigenvalue weighted by Gasteiger charge is 2.37. The van der Waals surface area contributed by atoms with E-state index in [-0.39, 0.29) is 17.7 Å². The molecule has 6 nitrogen and oxygen atoms in total. The summed E-state index contributed by atoms with van der Waals surface area (Å²) in [5.74, 6) is -0.802. The van der Waals surface area contributed by atoms with E-state index in [9.17, 15) is 27.9 Å². The molecule has 1 aromatic rings. The molecule has 2 rings (SSSR count). The number of ether oxygens (including phenoxy) is 3. The molecule has 0 spiro atoms. The van der Waals surface area contributed by atoms with E-state index in [0.29, 0.717) is 12.5 Å². The van der Waals surface area contributed by atoms with Gasteiger partial charge in [-0.1, -0.05) is 26.0 Å². The maximum Gasteiger partial charge on any atom is 0.416 e. The van der Waals surface area contributed by atoms with Crippen LogP contribution < -0.4 is 0 Å². The molecular weight excluding hydrogens is 441 g/mol. The zero-order valence-corrected chi connectivity index (χ0v) is 19.4. The lowest BCUT2D eigenvalue weighted by molar-refractivity contribution is -0.182. The van der Waals surface area contributed by atoms with Gasteiger partial charge in [-0.2, -0.15) is 13.2 Å². The van der Waals surface area contributed by atoms with Crippen LogP contribution in [-0.2, 0) is 30.0 Å². The van der Waals surface area contributed by atoms with Crippen LogP contribution in [0.4, 0.5) is 13.2 Å². The predicted octanol–water partition coefficient (Wildman–Crippen LogP) is 4.61. The second kappa shape index (κ2) is 10.8. The van der Waals surface area contributed by atoms with Gasteiger partial charge in [-0.25, -0.2) is 0 Å². The molecule has 0 amide bonds. The molecule has 0 aliphatic carbocycles. The molecule has 1 heterocycles. The average molecular weight is 473 g/mol. The number of aliphatic hydroxyl groups excluding tert-OH is 1. The standard InChI is InChI=1S/C24H31F3O6/c1-14(2)10-11-31-19-12-17(20(28)15-6-8-16(9-7-15)24(25,26)27)21(29)18(33-19)13-32-22(30)23(3,4)5/h6-9,12,14,18-20,28H,10-11,13H2,1-5H3/t18-,19+,20-/m1/s1. The maximum atomic E-state index is 13.0. The van der Waals surface area contributed by atoms with Crippen LogP contribution in [0.2, 0.25) is 0 Å². The summed E-state index contributed by atoms with van der Waals surface area (Å²) >= 11 is 0. The number of carbonyl (C=O) groups is 2. The lowest BCUT2D eigenvalue weighted by atomic mass is 9.93. The van der Waals surface area contributed by atoms with Crippen molar-refractivity contribution in [1.82, 2.24) is 0 Å². The molecule has 33 heavy (non-hydrogen) atoms. The summed E-state index contributed by atoms with van der Waals surface area (Å²) in [4.78, 5) is 25.1. The van der Waals surface area contributed by atoms with Crippen molar-refractivity contribution in [3.05, 3.63) is 47.0 Å². The Morgan fingerprint density at radius 3 is 2.27 bits per heavy atom. The monoisotopic (exact) mass is 472 g/mol. The Balaban J connectivity index is 2.24. The van der Waals surface area contributed by atoms with Crippen molar-refractivity contribution < 1.29 is 42.1 Å². The number of halogens is 3. The second-order valence-electron chi connectivity index (χ2n) is 9.40. The van der Waals surface area contributed by atoms with Crippen LogP contribution in [0, 0.1) is 11.3 Å². The normalized spacial score (nSPS) is 20.5. The Kier molecular flexibility index (Phi) is 8.84. The van der Waals surface area contributed by atoms with E-state index in [0.717, 1.165) is 30.7 Å². The molecule has 0 aromatic heterocycles. The van der Waals surface area contributed by atoms with E-state index < -0.39 is 47.4 Å². The Morgan fingerprint density at radius 2 is 1.76 bits per heavy atom. The molecule has 0 saturated heterocycles. The Hall–Kier alpha value is -2.23. The molecule has 9 heteroatoms. The highest BCUT2D eigenvalue weighted by molar-refractivity contribution is 6.00. The van der Waals surface area contributed by atoms with Gasteiger partial charge >= 0.3 is 12.1 Å². The molecule has 1 aliphatic rings. The fourth-order valence-electron chi connectivity index (χ4n) is 2.93. The summed E-state index contributed by atoms with van der Waals surface area (Å²) < 4.78 is 55.1. The van der Waals surface area contributed by atoms with Crippen LogP contribution >= 0.6 is 0 Å². The van der Waals surface area contributed by atoms with Crippen molar-refractivity contribution in [2.75, 3.05) is 13.2 Å². The minimum atomic E-state index is -4.52. The van der Waals surface area contributed by atoms with Crippen molar-refractivity contribution in [3.63, 3.8) is 0 Å². The molecule has 0 fully saturated rings. The van der Waals surface area contributed by atoms with Crippen molar-refractivity contribution in [3.8, 4) is 0 Å². The molecule has 0 unspecified atom stereocenters. The molecular formula is C24H31F3O6. The maximum absolute atomic E-state index is 13.0. The van der Waals surface area contributed by atoms with Gasteiger partial charge in [0.2, 0.25) is 0 Å². The second-order valence-corrected chi connectivity index (χ2v) is 9.40. The summed E-state index contributed by atoms with van der Waals surface area (Å²) in [6.45, 7) is 8.96. The summed E-state index contributed by atoms with van der Waals surface area (Å²) in [5.41, 5.74) is -1.64. The van der Waals surface area contributed by atoms with E-state index in [2.05, 4.69) is 0 Å². The summed E-state index contributed by atoms with van der Waals surface area (Å²) in [6.07, 6.45) is -6.19. The minimum absolute atomic E-state index is 0.0904. The number of carbonyl (C=O) groups excluding carboxylic acids is 2. The molecule has 184 valence electrons. The average Bonchev–Trinajstić information content (AvgIpc) is 2.71. The number of esters is 1. The third kappa shape index (κ3) is 7.65. The number of benzene rings is 1. The van der Waals surface area contributed by atoms with Crippen LogP contribution in [0.25, 0.3) is 0 Å². The van der Waals surface area contributed by atoms with Gasteiger partial charge in [0, 0.05) is 5.57 Å². The lowest BCUT2D eigenvalue weighted by Gasteiger charge is -2.30. The predicted molar refractivity (Wildman–Crippen MR) is 114 cm³/mol. The molecule has 0 saturated carbocycles. The number of alkyl halides is 3. The Morgan fingerprint density at radius 1 is 1.15 bits per heavy atom. The van der Waals surface area contributed by atoms with E-state index in [4.69, 9.17) is 14.2 Å². The van der Waals surface area contributed by atoms with Crippen molar-refractivity contribution >= 4 is 11.8 Å². The molecule has 3 atom stereocenters. The summed E-state index contributed by atoms with van der Waals surface area (Å²) in [6, 6.07) is 3.89. The first-order valence-electron chi connectivity index (χ1n) is 10.8. The van der Waals surface area contributed by atoms with E-state index in [1.165, 1.54) is 6.08 Å². The lowest BCUT2D eigenvalue weighted by Crippen LogP contribution is -2.42. The SMILES string of the molecule is CC(C)CCO[C@@H]1C=C([C@H](O)c2ccc(C(F)(F)F)cc2)C(=O)[C@@H](COC(=O)C(C)(C)C)O1. The largest absolute Gasteiger partial charge is 0.462 e. The zero-order chi connectivity index (χ0) is 25.0. The smallest absolute Gasteiger partial charge is 0.416 e. The Bertz CT molecular complexity index is 852. The third-order valence-corrected chi connectivity index (χ3v) is 4.99. The van der Waals surface area contributed by atoms with Crippen LogP contribution in [0.3, 0.4) is 0 Å². The highest BCUT2D eigenvalue weighted by Crippen LogP contribution is 2.33. The van der Waals surface area contributed by atoms with Gasteiger partial charge in [0.05, 0.1) is 17.6 Å². The van der Waals surface area contributed by atoms with E-state index >= 15 is 0 Å². The van der Waals surface area contributed by atoms with Crippen molar-refractivity contribution in [2.24, 2.45) is 11.3 Å². The molecule has 1 aromatic carbocycles. The fourth-order valence-corrected chi connectivity index (χ4v) is 2.93. The first-order chi connectivity index (χ1) is 15.2. The van der Waals surface area contributed by atoms with Gasteiger partial charge in [0.15, 0.2) is 18.2 Å². The third-order valence-electron chi connectivity index (χ3n) is 4.99. The topological polar surface area (TPSA) is 82.1 Å². The number of ketones is 1. The van der Waals surface area contributed by atoms with Gasteiger partial charge in [0.1, 0.15) is 12.7 Å². The van der Waals surface area contributed by atoms with Gasteiger partial charge in [-0.15, -0.1) is 0 Å². The van der Waals surface area contributed by atoms with Crippen molar-refractivity contribution in [1.29, 1.82) is 0 Å². The molecule has 1 aliphatic heterocycles. The number of hydrogen-bond acceptors (Lipinski definition) is 6. The van der Waals surface area contributed by atoms with Crippen LogP contribution in [0.5, 0.6) is 0 Å². The molecule has 0 radical (unpaired) electrons. The van der Waals surface area contributed by atoms with Gasteiger partial charge < -0.3 is 19.3 Å². The van der Waals surface area contributed by atoms with Crippen LogP contribution in [0.15, 0.2) is 35.9 Å². The Labute approximate surface area is 191 Å². The number of rotatable bonds is 8. The van der Waals surface area contributed by atoms with Gasteiger partial charge in [-0.05, 0) is 56.9 Å². The first kappa shape index (κ1) is 27.0. The highest BCUT2D eigenvalue weighted by atomic mass is 19.4. The van der Waals surface area contributed by atoms with Crippen LogP contribution in [0.1, 0.15) is 58.3 Å². The molecule has 1 N–H and O–H groups in total. The number of Topliss-reactive ketones (excluding diaryl/α,β-unsaturated/α-hetero) is 1. The van der Waals surface area contributed by atoms with E-state index in [1.807, 2.05) is 13.8 Å². The van der Waals surface area contributed by atoms with Crippen molar-refractivity contribution in [2.45, 2.75) is 65.7 Å². The number of hydrogen-bond donors (Lipinski definition) is 1. The number of aliphatic hydroxyl groups is 1.